The molecule has 1 fully saturated rings. The van der Waals surface area contributed by atoms with E-state index in [-0.39, 0.29) is 18.8 Å². The van der Waals surface area contributed by atoms with Gasteiger partial charge in [0.25, 0.3) is 5.56 Å². The number of nitrogen functional groups attached to an aromatic ring is 1. The van der Waals surface area contributed by atoms with Gasteiger partial charge in [-0.3, -0.25) is 23.4 Å². The first-order valence-corrected chi connectivity index (χ1v) is 17.8. The Labute approximate surface area is 264 Å². The van der Waals surface area contributed by atoms with Crippen molar-refractivity contribution < 1.29 is 66.1 Å². The number of H-pyrrole nitrogens is 1. The highest BCUT2D eigenvalue weighted by Gasteiger charge is 2.41. The summed E-state index contributed by atoms with van der Waals surface area (Å²) in [6.45, 7) is -1.00. The van der Waals surface area contributed by atoms with E-state index < -0.39 is 77.8 Å². The Hall–Kier alpha value is -2.43. The summed E-state index contributed by atoms with van der Waals surface area (Å²) in [5, 5.41) is 18.7. The molecule has 0 amide bonds. The number of rotatable bonds is 11. The molecule has 2 unspecified atom stereocenters. The van der Waals surface area contributed by atoms with Gasteiger partial charge in [0.05, 0.1) is 19.3 Å². The lowest BCUT2D eigenvalue weighted by molar-refractivity contribution is -0.0458. The maximum Gasteiger partial charge on any atom is 0.490 e. The largest absolute Gasteiger partial charge is 0.490 e. The molecule has 22 nitrogen and oxygen atoms in total. The molecule has 46 heavy (non-hydrogen) atoms. The molecule has 0 saturated carbocycles. The smallest absolute Gasteiger partial charge is 0.394 e. The average Bonchev–Trinajstić information content (AvgIpc) is 3.54. The summed E-state index contributed by atoms with van der Waals surface area (Å²) in [4.78, 5) is 76.9. The van der Waals surface area contributed by atoms with Gasteiger partial charge in [-0.15, -0.1) is 0 Å². The maximum absolute atomic E-state index is 11.8. The van der Waals surface area contributed by atoms with Crippen molar-refractivity contribution in [2.45, 2.75) is 37.2 Å². The standard InChI is InChI=1S/C11H14BrN3O4.C9H13N2O13P3/c12-2-1-6-4-15(11(18)14-10(6)13)9-3-7(17)8(5-16)19-9;12-7-3-4-11(9(13)10-7)8-2-1-6(22-8)5-21-26(17,18)24-27(19,20)23-25(14,15)16/h1-2,4,7-9,16-17H,3,5H2,(H2,13,14,18);1-4,6,8H,5H2,(H,17,18)(H,19,20)(H,10,12,13)(H2,14,15,16)/b2-1+;/t7-,8+,9+;6-,8+/m00/s1. The quantitative estimate of drug-likeness (QED) is 0.102. The zero-order valence-corrected chi connectivity index (χ0v) is 27.1. The Morgan fingerprint density at radius 2 is 1.78 bits per heavy atom. The fourth-order valence-corrected chi connectivity index (χ4v) is 7.10. The van der Waals surface area contributed by atoms with Gasteiger partial charge in [-0.1, -0.05) is 22.0 Å². The number of nitrogens with zero attached hydrogens (tertiary/aromatic N) is 3. The van der Waals surface area contributed by atoms with Crippen LogP contribution in [-0.2, 0) is 36.3 Å². The summed E-state index contributed by atoms with van der Waals surface area (Å²) in [5.74, 6) is 0.120. The number of phosphoric acid groups is 3. The van der Waals surface area contributed by atoms with E-state index >= 15 is 0 Å². The van der Waals surface area contributed by atoms with E-state index in [4.69, 9.17) is 35.0 Å². The molecule has 1 saturated heterocycles. The van der Waals surface area contributed by atoms with Crippen LogP contribution in [0.2, 0.25) is 0 Å². The predicted molar refractivity (Wildman–Crippen MR) is 157 cm³/mol. The van der Waals surface area contributed by atoms with Gasteiger partial charge in [-0.25, -0.2) is 23.3 Å². The Balaban J connectivity index is 0.000000266. The van der Waals surface area contributed by atoms with Crippen LogP contribution in [0.1, 0.15) is 24.4 Å². The van der Waals surface area contributed by atoms with Gasteiger partial charge in [-0.05, 0) is 17.1 Å². The summed E-state index contributed by atoms with van der Waals surface area (Å²) < 4.78 is 57.8. The molecular weight excluding hydrogens is 755 g/mol. The van der Waals surface area contributed by atoms with Crippen molar-refractivity contribution in [1.82, 2.24) is 19.1 Å². The lowest BCUT2D eigenvalue weighted by atomic mass is 10.2. The van der Waals surface area contributed by atoms with E-state index in [9.17, 15) is 38.1 Å². The van der Waals surface area contributed by atoms with Crippen LogP contribution in [0, 0.1) is 0 Å². The van der Waals surface area contributed by atoms with E-state index in [0.29, 0.717) is 5.56 Å². The fraction of sp³-hybridized carbons (Fsp3) is 0.400. The van der Waals surface area contributed by atoms with Gasteiger partial charge in [0.1, 0.15) is 24.3 Å². The topological polar surface area (TPSA) is 335 Å². The number of halogens is 1. The first-order chi connectivity index (χ1) is 21.3. The first-order valence-electron chi connectivity index (χ1n) is 12.4. The first kappa shape index (κ1) is 38.0. The minimum Gasteiger partial charge on any atom is -0.394 e. The van der Waals surface area contributed by atoms with Gasteiger partial charge < -0.3 is 45.0 Å². The van der Waals surface area contributed by atoms with Crippen molar-refractivity contribution in [2.24, 2.45) is 0 Å². The number of ether oxygens (including phenoxy) is 2. The van der Waals surface area contributed by atoms with Crippen LogP contribution in [0.5, 0.6) is 0 Å². The molecule has 0 spiro atoms. The molecule has 2 aromatic rings. The Morgan fingerprint density at radius 3 is 2.37 bits per heavy atom. The second-order valence-corrected chi connectivity index (χ2v) is 14.0. The Bertz CT molecular complexity index is 1770. The van der Waals surface area contributed by atoms with Crippen LogP contribution in [0.4, 0.5) is 5.82 Å². The zero-order valence-electron chi connectivity index (χ0n) is 22.9. The molecule has 26 heteroatoms. The minimum atomic E-state index is -5.61. The fourth-order valence-electron chi connectivity index (χ4n) is 3.79. The SMILES string of the molecule is Nc1nc(=O)n([C@H]2C[C@H](O)[C@@H](CO)O2)cc1/C=C/Br.O=c1ccn([C@H]2C=C[C@@H](COP(=O)(O)OP(=O)(O)OP(=O)(O)O)O2)c(=O)[nH]1. The van der Waals surface area contributed by atoms with E-state index in [0.717, 1.165) is 16.8 Å². The molecule has 256 valence electrons. The van der Waals surface area contributed by atoms with Crippen molar-refractivity contribution >= 4 is 51.3 Å². The number of nitrogens with one attached hydrogen (secondary N) is 1. The predicted octanol–water partition coefficient (Wildman–Crippen LogP) is -0.835. The summed E-state index contributed by atoms with van der Waals surface area (Å²) in [6.07, 6.45) is 3.09. The number of nitrogens with two attached hydrogens (primary N) is 1. The molecule has 0 bridgehead atoms. The van der Waals surface area contributed by atoms with Gasteiger partial charge in [-0.2, -0.15) is 13.6 Å². The summed E-state index contributed by atoms with van der Waals surface area (Å²) in [5.41, 5.74) is 4.24. The van der Waals surface area contributed by atoms with Crippen LogP contribution in [-0.4, -0.2) is 80.4 Å². The molecule has 9 N–H and O–H groups in total. The number of hydrogen-bond acceptors (Lipinski definition) is 15. The third-order valence-corrected chi connectivity index (χ3v) is 9.76. The summed E-state index contributed by atoms with van der Waals surface area (Å²) in [6, 6.07) is 1.07. The number of aliphatic hydroxyl groups is 2. The second-order valence-electron chi connectivity index (χ2n) is 9.03. The van der Waals surface area contributed by atoms with Crippen LogP contribution in [0.25, 0.3) is 6.08 Å². The molecule has 0 radical (unpaired) electrons. The van der Waals surface area contributed by atoms with Crippen LogP contribution in [0.3, 0.4) is 0 Å². The molecule has 0 aromatic carbocycles. The lowest BCUT2D eigenvalue weighted by Gasteiger charge is -2.18. The number of phosphoric ester groups is 1. The molecular formula is C20H27BrN5O17P3. The molecule has 4 rings (SSSR count). The number of hydrogen-bond donors (Lipinski definition) is 8. The summed E-state index contributed by atoms with van der Waals surface area (Å²) in [7, 11) is -16.4. The van der Waals surface area contributed by atoms with Crippen LogP contribution < -0.4 is 22.7 Å². The van der Waals surface area contributed by atoms with Crippen LogP contribution >= 0.6 is 39.4 Å². The van der Waals surface area contributed by atoms with Gasteiger partial charge >= 0.3 is 34.8 Å². The van der Waals surface area contributed by atoms with Gasteiger partial charge in [0, 0.05) is 30.4 Å². The zero-order chi connectivity index (χ0) is 34.4. The van der Waals surface area contributed by atoms with Crippen molar-refractivity contribution in [2.75, 3.05) is 18.9 Å². The van der Waals surface area contributed by atoms with Crippen molar-refractivity contribution in [3.63, 3.8) is 0 Å². The highest BCUT2D eigenvalue weighted by molar-refractivity contribution is 9.11. The van der Waals surface area contributed by atoms with Crippen molar-refractivity contribution in [3.8, 4) is 0 Å². The van der Waals surface area contributed by atoms with E-state index in [1.807, 2.05) is 4.98 Å². The molecule has 2 aliphatic heterocycles. The highest BCUT2D eigenvalue weighted by atomic mass is 79.9. The van der Waals surface area contributed by atoms with E-state index in [1.165, 1.54) is 22.9 Å². The normalized spacial score (nSPS) is 25.6. The molecule has 7 atom stereocenters. The third-order valence-electron chi connectivity index (χ3n) is 5.70. The number of aliphatic hydroxyl groups excluding tert-OH is 2. The second kappa shape index (κ2) is 15.6. The average molecular weight is 782 g/mol. The molecule has 2 aromatic heterocycles. The molecule has 0 aliphatic carbocycles. The highest BCUT2D eigenvalue weighted by Crippen LogP contribution is 2.66. The Morgan fingerprint density at radius 1 is 1.09 bits per heavy atom. The third kappa shape index (κ3) is 11.1. The Kier molecular flexibility index (Phi) is 12.9. The molecule has 2 aliphatic rings. The van der Waals surface area contributed by atoms with Gasteiger partial charge in [0.2, 0.25) is 0 Å². The molecule has 4 heterocycles. The van der Waals surface area contributed by atoms with Gasteiger partial charge in [0.15, 0.2) is 6.23 Å². The monoisotopic (exact) mass is 781 g/mol. The van der Waals surface area contributed by atoms with Crippen molar-refractivity contribution in [1.29, 1.82) is 0 Å². The number of anilines is 1. The lowest BCUT2D eigenvalue weighted by Crippen LogP contribution is -2.32. The maximum atomic E-state index is 11.8. The minimum absolute atomic E-state index is 0.120. The van der Waals surface area contributed by atoms with Crippen LogP contribution in [0.15, 0.2) is 50.0 Å². The summed E-state index contributed by atoms with van der Waals surface area (Å²) >= 11 is 3.12. The van der Waals surface area contributed by atoms with E-state index in [1.54, 1.807) is 11.1 Å². The number of aromatic amines is 1. The van der Waals surface area contributed by atoms with Crippen molar-refractivity contribution in [3.05, 3.63) is 72.5 Å². The number of aromatic nitrogens is 4. The van der Waals surface area contributed by atoms with E-state index in [2.05, 4.69) is 34.1 Å².